The molecule has 2 fully saturated rings. The monoisotopic (exact) mass is 334 g/mol. The van der Waals surface area contributed by atoms with E-state index in [1.54, 1.807) is 14.2 Å². The number of hydrogen-bond acceptors (Lipinski definition) is 5. The van der Waals surface area contributed by atoms with Crippen LogP contribution in [-0.2, 0) is 16.0 Å². The molecule has 2 saturated heterocycles. The summed E-state index contributed by atoms with van der Waals surface area (Å²) in [4.78, 5) is 5.07. The summed E-state index contributed by atoms with van der Waals surface area (Å²) < 4.78 is 16.4. The lowest BCUT2D eigenvalue weighted by Crippen LogP contribution is -2.40. The molecule has 0 aromatic heterocycles. The molecule has 3 rings (SSSR count). The highest BCUT2D eigenvalue weighted by Gasteiger charge is 2.40. The van der Waals surface area contributed by atoms with Gasteiger partial charge >= 0.3 is 0 Å². The fraction of sp³-hybridized carbons (Fsp3) is 0.684. The van der Waals surface area contributed by atoms with Crippen molar-refractivity contribution in [3.63, 3.8) is 0 Å². The van der Waals surface area contributed by atoms with E-state index in [0.717, 1.165) is 64.8 Å². The Kier molecular flexibility index (Phi) is 6.11. The Morgan fingerprint density at radius 2 is 1.88 bits per heavy atom. The summed E-state index contributed by atoms with van der Waals surface area (Å²) >= 11 is 0. The van der Waals surface area contributed by atoms with Gasteiger partial charge in [0, 0.05) is 45.2 Å². The molecule has 2 aliphatic rings. The SMILES string of the molecule is COCCN1CCC2(COCCN(Cc3ccc(OC)cc3)C2)C1. The largest absolute Gasteiger partial charge is 0.497 e. The Morgan fingerprint density at radius 3 is 2.62 bits per heavy atom. The van der Waals surface area contributed by atoms with Gasteiger partial charge in [0.25, 0.3) is 0 Å². The number of hydrogen-bond donors (Lipinski definition) is 0. The van der Waals surface area contributed by atoms with E-state index in [0.29, 0.717) is 0 Å². The normalized spacial score (nSPS) is 25.9. The molecular weight excluding hydrogens is 304 g/mol. The van der Waals surface area contributed by atoms with Crippen LogP contribution in [0.4, 0.5) is 0 Å². The van der Waals surface area contributed by atoms with E-state index in [4.69, 9.17) is 14.2 Å². The third kappa shape index (κ3) is 4.48. The molecule has 0 bridgehead atoms. The molecule has 2 heterocycles. The topological polar surface area (TPSA) is 34.2 Å². The minimum Gasteiger partial charge on any atom is -0.497 e. The molecule has 1 atom stereocenters. The number of ether oxygens (including phenoxy) is 3. The average Bonchev–Trinajstić information content (AvgIpc) is 2.89. The van der Waals surface area contributed by atoms with Crippen molar-refractivity contribution < 1.29 is 14.2 Å². The highest BCUT2D eigenvalue weighted by molar-refractivity contribution is 5.27. The summed E-state index contributed by atoms with van der Waals surface area (Å²) in [6.07, 6.45) is 1.22. The standard InChI is InChI=1S/C19H30N2O3/c1-22-11-9-20-8-7-19(14-20)15-21(10-12-24-16-19)13-17-3-5-18(23-2)6-4-17/h3-6H,7-16H2,1-2H3. The van der Waals surface area contributed by atoms with Gasteiger partial charge in [-0.25, -0.2) is 0 Å². The third-order valence-electron chi connectivity index (χ3n) is 5.21. The maximum atomic E-state index is 5.97. The Morgan fingerprint density at radius 1 is 1.08 bits per heavy atom. The zero-order valence-corrected chi connectivity index (χ0v) is 15.0. The van der Waals surface area contributed by atoms with E-state index >= 15 is 0 Å². The van der Waals surface area contributed by atoms with Crippen LogP contribution >= 0.6 is 0 Å². The van der Waals surface area contributed by atoms with Gasteiger partial charge in [-0.05, 0) is 30.7 Å². The second kappa shape index (κ2) is 8.30. The molecule has 1 aromatic carbocycles. The first-order valence-corrected chi connectivity index (χ1v) is 8.87. The van der Waals surface area contributed by atoms with E-state index in [-0.39, 0.29) is 5.41 Å². The van der Waals surface area contributed by atoms with Crippen molar-refractivity contribution in [3.8, 4) is 5.75 Å². The van der Waals surface area contributed by atoms with Crippen molar-refractivity contribution in [2.75, 3.05) is 66.8 Å². The maximum absolute atomic E-state index is 5.97. The summed E-state index contributed by atoms with van der Waals surface area (Å²) in [6.45, 7) is 8.93. The second-order valence-corrected chi connectivity index (χ2v) is 7.13. The summed E-state index contributed by atoms with van der Waals surface area (Å²) in [5.74, 6) is 0.916. The first-order chi connectivity index (χ1) is 11.7. The number of likely N-dealkylation sites (tertiary alicyclic amines) is 1. The first-order valence-electron chi connectivity index (χ1n) is 8.87. The summed E-state index contributed by atoms with van der Waals surface area (Å²) in [5, 5.41) is 0. The van der Waals surface area contributed by atoms with E-state index in [2.05, 4.69) is 21.9 Å². The molecule has 24 heavy (non-hydrogen) atoms. The minimum absolute atomic E-state index is 0.275. The maximum Gasteiger partial charge on any atom is 0.118 e. The van der Waals surface area contributed by atoms with Gasteiger partial charge in [0.2, 0.25) is 0 Å². The Labute approximate surface area is 145 Å². The second-order valence-electron chi connectivity index (χ2n) is 7.13. The fourth-order valence-electron chi connectivity index (χ4n) is 3.89. The van der Waals surface area contributed by atoms with Crippen LogP contribution in [0.25, 0.3) is 0 Å². The van der Waals surface area contributed by atoms with Crippen LogP contribution in [-0.4, -0.2) is 76.6 Å². The van der Waals surface area contributed by atoms with Gasteiger partial charge < -0.3 is 19.1 Å². The van der Waals surface area contributed by atoms with Gasteiger partial charge in [-0.2, -0.15) is 0 Å². The summed E-state index contributed by atoms with van der Waals surface area (Å²) in [6, 6.07) is 8.41. The van der Waals surface area contributed by atoms with E-state index in [9.17, 15) is 0 Å². The molecule has 1 unspecified atom stereocenters. The van der Waals surface area contributed by atoms with Crippen LogP contribution in [0.3, 0.4) is 0 Å². The lowest BCUT2D eigenvalue weighted by Gasteiger charge is -2.32. The highest BCUT2D eigenvalue weighted by Crippen LogP contribution is 2.33. The van der Waals surface area contributed by atoms with Crippen LogP contribution in [0.15, 0.2) is 24.3 Å². The van der Waals surface area contributed by atoms with Gasteiger partial charge in [0.15, 0.2) is 0 Å². The summed E-state index contributed by atoms with van der Waals surface area (Å²) in [7, 11) is 3.48. The highest BCUT2D eigenvalue weighted by atomic mass is 16.5. The van der Waals surface area contributed by atoms with Crippen LogP contribution in [0.5, 0.6) is 5.75 Å². The van der Waals surface area contributed by atoms with Gasteiger partial charge in [0.1, 0.15) is 5.75 Å². The molecule has 0 radical (unpaired) electrons. The number of methoxy groups -OCH3 is 2. The molecular formula is C19H30N2O3. The van der Waals surface area contributed by atoms with Crippen molar-refractivity contribution in [2.45, 2.75) is 13.0 Å². The molecule has 1 aromatic rings. The minimum atomic E-state index is 0.275. The molecule has 1 spiro atoms. The molecule has 0 N–H and O–H groups in total. The van der Waals surface area contributed by atoms with Crippen LogP contribution in [0, 0.1) is 5.41 Å². The molecule has 0 saturated carbocycles. The smallest absolute Gasteiger partial charge is 0.118 e. The van der Waals surface area contributed by atoms with Crippen molar-refractivity contribution in [2.24, 2.45) is 5.41 Å². The Balaban J connectivity index is 1.60. The van der Waals surface area contributed by atoms with E-state index < -0.39 is 0 Å². The van der Waals surface area contributed by atoms with Crippen molar-refractivity contribution in [1.82, 2.24) is 9.80 Å². The Bertz CT molecular complexity index is 508. The number of rotatable bonds is 6. The van der Waals surface area contributed by atoms with Gasteiger partial charge in [-0.1, -0.05) is 12.1 Å². The van der Waals surface area contributed by atoms with E-state index in [1.807, 2.05) is 12.1 Å². The predicted octanol–water partition coefficient (Wildman–Crippen LogP) is 1.87. The predicted molar refractivity (Wildman–Crippen MR) is 94.5 cm³/mol. The molecule has 0 amide bonds. The van der Waals surface area contributed by atoms with Crippen LogP contribution < -0.4 is 4.74 Å². The first kappa shape index (κ1) is 17.7. The van der Waals surface area contributed by atoms with Crippen molar-refractivity contribution in [1.29, 1.82) is 0 Å². The third-order valence-corrected chi connectivity index (χ3v) is 5.21. The van der Waals surface area contributed by atoms with Gasteiger partial charge in [-0.15, -0.1) is 0 Å². The summed E-state index contributed by atoms with van der Waals surface area (Å²) in [5.41, 5.74) is 1.61. The zero-order chi connectivity index (χ0) is 16.8. The number of nitrogens with zero attached hydrogens (tertiary/aromatic N) is 2. The lowest BCUT2D eigenvalue weighted by molar-refractivity contribution is 0.0682. The van der Waals surface area contributed by atoms with Crippen molar-refractivity contribution >= 4 is 0 Å². The molecule has 5 nitrogen and oxygen atoms in total. The van der Waals surface area contributed by atoms with Gasteiger partial charge in [0.05, 0.1) is 26.9 Å². The van der Waals surface area contributed by atoms with Crippen LogP contribution in [0.1, 0.15) is 12.0 Å². The molecule has 2 aliphatic heterocycles. The number of benzene rings is 1. The molecule has 134 valence electrons. The lowest BCUT2D eigenvalue weighted by atomic mass is 9.87. The van der Waals surface area contributed by atoms with Gasteiger partial charge in [-0.3, -0.25) is 4.90 Å². The van der Waals surface area contributed by atoms with Crippen LogP contribution in [0.2, 0.25) is 0 Å². The van der Waals surface area contributed by atoms with Crippen molar-refractivity contribution in [3.05, 3.63) is 29.8 Å². The fourth-order valence-corrected chi connectivity index (χ4v) is 3.89. The Hall–Kier alpha value is -1.14. The quantitative estimate of drug-likeness (QED) is 0.793. The molecule has 5 heteroatoms. The zero-order valence-electron chi connectivity index (χ0n) is 15.0. The van der Waals surface area contributed by atoms with E-state index in [1.165, 1.54) is 12.0 Å². The molecule has 0 aliphatic carbocycles. The average molecular weight is 334 g/mol.